The number of methoxy groups -OCH3 is 1. The van der Waals surface area contributed by atoms with E-state index in [0.717, 1.165) is 36.7 Å². The van der Waals surface area contributed by atoms with Crippen molar-refractivity contribution in [2.75, 3.05) is 13.7 Å². The number of hydrogen-bond donors (Lipinski definition) is 1. The maximum Gasteiger partial charge on any atom is 0.124 e. The molecule has 1 aromatic rings. The van der Waals surface area contributed by atoms with Crippen molar-refractivity contribution in [2.24, 2.45) is 11.7 Å². The van der Waals surface area contributed by atoms with Crippen LogP contribution < -0.4 is 10.5 Å². The molecule has 3 nitrogen and oxygen atoms in total. The summed E-state index contributed by atoms with van der Waals surface area (Å²) in [6.45, 7) is 3.55. The Bertz CT molecular complexity index is 402. The molecule has 1 atom stereocenters. The van der Waals surface area contributed by atoms with E-state index in [9.17, 15) is 0 Å². The van der Waals surface area contributed by atoms with Crippen LogP contribution >= 0.6 is 0 Å². The van der Waals surface area contributed by atoms with Gasteiger partial charge in [0.15, 0.2) is 0 Å². The minimum Gasteiger partial charge on any atom is -0.493 e. The molecular formula is C16H25NO2. The van der Waals surface area contributed by atoms with Gasteiger partial charge in [0.25, 0.3) is 0 Å². The highest BCUT2D eigenvalue weighted by atomic mass is 16.5. The standard InChI is InChI=1S/C16H25NO2/c1-3-15(17)9-13-6-7-16(14(8-13)11-18-2)19-10-12-4-5-12/h6-8,12,15H,3-5,9-11,17H2,1-2H3. The fourth-order valence-corrected chi connectivity index (χ4v) is 2.11. The van der Waals surface area contributed by atoms with Crippen LogP contribution in [0.5, 0.6) is 5.75 Å². The first-order valence-corrected chi connectivity index (χ1v) is 7.22. The lowest BCUT2D eigenvalue weighted by molar-refractivity contribution is 0.179. The molecule has 0 saturated heterocycles. The Morgan fingerprint density at radius 2 is 2.16 bits per heavy atom. The van der Waals surface area contributed by atoms with Gasteiger partial charge in [0.05, 0.1) is 13.2 Å². The maximum atomic E-state index is 6.01. The molecule has 1 saturated carbocycles. The second kappa shape index (κ2) is 6.92. The zero-order valence-electron chi connectivity index (χ0n) is 12.0. The van der Waals surface area contributed by atoms with Gasteiger partial charge in [-0.25, -0.2) is 0 Å². The van der Waals surface area contributed by atoms with Crippen molar-refractivity contribution in [3.63, 3.8) is 0 Å². The van der Waals surface area contributed by atoms with Crippen molar-refractivity contribution in [3.8, 4) is 5.75 Å². The van der Waals surface area contributed by atoms with Gasteiger partial charge < -0.3 is 15.2 Å². The number of ether oxygens (including phenoxy) is 2. The van der Waals surface area contributed by atoms with Crippen LogP contribution in [0, 0.1) is 5.92 Å². The molecule has 3 heteroatoms. The summed E-state index contributed by atoms with van der Waals surface area (Å²) in [6, 6.07) is 6.58. The fraction of sp³-hybridized carbons (Fsp3) is 0.625. The van der Waals surface area contributed by atoms with Crippen LogP contribution in [0.15, 0.2) is 18.2 Å². The van der Waals surface area contributed by atoms with E-state index >= 15 is 0 Å². The first kappa shape index (κ1) is 14.4. The summed E-state index contributed by atoms with van der Waals surface area (Å²) < 4.78 is 11.2. The number of rotatable bonds is 8. The summed E-state index contributed by atoms with van der Waals surface area (Å²) in [5.74, 6) is 1.73. The molecule has 19 heavy (non-hydrogen) atoms. The minimum atomic E-state index is 0.230. The third-order valence-electron chi connectivity index (χ3n) is 3.62. The Balaban J connectivity index is 2.04. The lowest BCUT2D eigenvalue weighted by Crippen LogP contribution is -2.21. The summed E-state index contributed by atoms with van der Waals surface area (Å²) in [5.41, 5.74) is 8.40. The Morgan fingerprint density at radius 1 is 1.37 bits per heavy atom. The lowest BCUT2D eigenvalue weighted by atomic mass is 10.0. The van der Waals surface area contributed by atoms with Crippen LogP contribution in [0.25, 0.3) is 0 Å². The average molecular weight is 263 g/mol. The third-order valence-corrected chi connectivity index (χ3v) is 3.62. The Kier molecular flexibility index (Phi) is 5.23. The van der Waals surface area contributed by atoms with Gasteiger partial charge in [-0.3, -0.25) is 0 Å². The largest absolute Gasteiger partial charge is 0.493 e. The molecule has 0 aliphatic heterocycles. The van der Waals surface area contributed by atoms with Gasteiger partial charge >= 0.3 is 0 Å². The Labute approximate surface area is 116 Å². The van der Waals surface area contributed by atoms with E-state index in [2.05, 4.69) is 25.1 Å². The summed E-state index contributed by atoms with van der Waals surface area (Å²) in [4.78, 5) is 0. The van der Waals surface area contributed by atoms with E-state index in [-0.39, 0.29) is 6.04 Å². The zero-order valence-corrected chi connectivity index (χ0v) is 12.0. The smallest absolute Gasteiger partial charge is 0.124 e. The normalized spacial score (nSPS) is 16.4. The Morgan fingerprint density at radius 3 is 2.79 bits per heavy atom. The second-order valence-electron chi connectivity index (χ2n) is 5.50. The van der Waals surface area contributed by atoms with Crippen LogP contribution in [0.1, 0.15) is 37.3 Å². The summed E-state index contributed by atoms with van der Waals surface area (Å²) >= 11 is 0. The molecule has 0 bridgehead atoms. The molecule has 1 unspecified atom stereocenters. The van der Waals surface area contributed by atoms with Gasteiger partial charge in [-0.05, 0) is 49.3 Å². The second-order valence-corrected chi connectivity index (χ2v) is 5.50. The van der Waals surface area contributed by atoms with Crippen LogP contribution in [0.4, 0.5) is 0 Å². The average Bonchev–Trinajstić information content (AvgIpc) is 3.22. The first-order chi connectivity index (χ1) is 9.22. The van der Waals surface area contributed by atoms with Crippen molar-refractivity contribution < 1.29 is 9.47 Å². The van der Waals surface area contributed by atoms with E-state index in [0.29, 0.717) is 6.61 Å². The molecule has 106 valence electrons. The lowest BCUT2D eigenvalue weighted by Gasteiger charge is -2.14. The molecule has 1 aromatic carbocycles. The summed E-state index contributed by atoms with van der Waals surface area (Å²) in [7, 11) is 1.72. The molecule has 1 aliphatic carbocycles. The molecule has 0 spiro atoms. The summed E-state index contributed by atoms with van der Waals surface area (Å²) in [6.07, 6.45) is 4.53. The number of nitrogens with two attached hydrogens (primary N) is 1. The van der Waals surface area contributed by atoms with Gasteiger partial charge in [-0.2, -0.15) is 0 Å². The predicted molar refractivity (Wildman–Crippen MR) is 77.3 cm³/mol. The molecule has 2 N–H and O–H groups in total. The SMILES string of the molecule is CCC(N)Cc1ccc(OCC2CC2)c(COC)c1. The molecule has 1 fully saturated rings. The topological polar surface area (TPSA) is 44.5 Å². The van der Waals surface area contributed by atoms with Gasteiger partial charge in [-0.1, -0.05) is 13.0 Å². The highest BCUT2D eigenvalue weighted by molar-refractivity contribution is 5.37. The number of hydrogen-bond acceptors (Lipinski definition) is 3. The van der Waals surface area contributed by atoms with Gasteiger partial charge in [0.2, 0.25) is 0 Å². The highest BCUT2D eigenvalue weighted by Crippen LogP contribution is 2.31. The van der Waals surface area contributed by atoms with Crippen molar-refractivity contribution in [2.45, 2.75) is 45.3 Å². The van der Waals surface area contributed by atoms with Gasteiger partial charge in [0, 0.05) is 18.7 Å². The molecular weight excluding hydrogens is 238 g/mol. The fourth-order valence-electron chi connectivity index (χ4n) is 2.11. The molecule has 0 radical (unpaired) electrons. The third kappa shape index (κ3) is 4.51. The predicted octanol–water partition coefficient (Wildman–Crippen LogP) is 2.90. The van der Waals surface area contributed by atoms with Crippen LogP contribution in [-0.4, -0.2) is 19.8 Å². The van der Waals surface area contributed by atoms with Crippen LogP contribution in [0.3, 0.4) is 0 Å². The van der Waals surface area contributed by atoms with E-state index in [1.54, 1.807) is 7.11 Å². The maximum absolute atomic E-state index is 6.01. The van der Waals surface area contributed by atoms with Crippen molar-refractivity contribution in [3.05, 3.63) is 29.3 Å². The van der Waals surface area contributed by atoms with Crippen molar-refractivity contribution in [1.82, 2.24) is 0 Å². The van der Waals surface area contributed by atoms with Gasteiger partial charge in [0.1, 0.15) is 5.75 Å². The Hall–Kier alpha value is -1.06. The van der Waals surface area contributed by atoms with Gasteiger partial charge in [-0.15, -0.1) is 0 Å². The molecule has 1 aliphatic rings. The van der Waals surface area contributed by atoms with Crippen LogP contribution in [-0.2, 0) is 17.8 Å². The van der Waals surface area contributed by atoms with Crippen LogP contribution in [0.2, 0.25) is 0 Å². The highest BCUT2D eigenvalue weighted by Gasteiger charge is 2.22. The first-order valence-electron chi connectivity index (χ1n) is 7.22. The molecule has 0 aromatic heterocycles. The molecule has 0 amide bonds. The quantitative estimate of drug-likeness (QED) is 0.784. The minimum absolute atomic E-state index is 0.230. The zero-order chi connectivity index (χ0) is 13.7. The van der Waals surface area contributed by atoms with Crippen molar-refractivity contribution in [1.29, 1.82) is 0 Å². The van der Waals surface area contributed by atoms with E-state index in [1.807, 2.05) is 0 Å². The van der Waals surface area contributed by atoms with E-state index < -0.39 is 0 Å². The monoisotopic (exact) mass is 263 g/mol. The van der Waals surface area contributed by atoms with Crippen molar-refractivity contribution >= 4 is 0 Å². The van der Waals surface area contributed by atoms with E-state index in [1.165, 1.54) is 18.4 Å². The summed E-state index contributed by atoms with van der Waals surface area (Å²) in [5, 5.41) is 0. The number of benzene rings is 1. The molecule has 2 rings (SSSR count). The van der Waals surface area contributed by atoms with E-state index in [4.69, 9.17) is 15.2 Å². The molecule has 0 heterocycles.